The van der Waals surface area contributed by atoms with E-state index in [1.807, 2.05) is 12.1 Å². The molecule has 1 aromatic heterocycles. The molecule has 1 N–H and O–H groups in total. The van der Waals surface area contributed by atoms with Crippen molar-refractivity contribution in [1.82, 2.24) is 10.2 Å². The number of rotatable bonds is 3. The quantitative estimate of drug-likeness (QED) is 0.920. The zero-order chi connectivity index (χ0) is 14.0. The van der Waals surface area contributed by atoms with Crippen LogP contribution in [0.25, 0.3) is 6.08 Å². The molecule has 3 rings (SSSR count). The van der Waals surface area contributed by atoms with Gasteiger partial charge in [-0.25, -0.2) is 0 Å². The van der Waals surface area contributed by atoms with E-state index in [0.717, 1.165) is 51.2 Å². The predicted octanol–water partition coefficient (Wildman–Crippen LogP) is 2.29. The SMILES string of the molecule is C/C(=C\c1ccco1)CN1CCC2(CCCNC2=O)C1. The fourth-order valence-corrected chi connectivity index (χ4v) is 3.43. The van der Waals surface area contributed by atoms with E-state index >= 15 is 0 Å². The lowest BCUT2D eigenvalue weighted by Crippen LogP contribution is -2.47. The molecule has 0 aliphatic carbocycles. The van der Waals surface area contributed by atoms with Crippen LogP contribution in [-0.2, 0) is 4.79 Å². The fourth-order valence-electron chi connectivity index (χ4n) is 3.43. The Morgan fingerprint density at radius 1 is 1.55 bits per heavy atom. The van der Waals surface area contributed by atoms with Gasteiger partial charge in [0.25, 0.3) is 0 Å². The first-order valence-corrected chi connectivity index (χ1v) is 7.39. The van der Waals surface area contributed by atoms with Crippen molar-refractivity contribution >= 4 is 12.0 Å². The molecule has 1 amide bonds. The molecule has 2 saturated heterocycles. The second-order valence-corrected chi connectivity index (χ2v) is 6.11. The summed E-state index contributed by atoms with van der Waals surface area (Å²) in [5, 5.41) is 3.03. The van der Waals surface area contributed by atoms with Gasteiger partial charge in [0, 0.05) is 19.6 Å². The molecular weight excluding hydrogens is 252 g/mol. The Balaban J connectivity index is 1.61. The molecule has 3 heterocycles. The van der Waals surface area contributed by atoms with Crippen LogP contribution in [0.3, 0.4) is 0 Å². The van der Waals surface area contributed by atoms with E-state index in [2.05, 4.69) is 23.2 Å². The summed E-state index contributed by atoms with van der Waals surface area (Å²) < 4.78 is 5.34. The van der Waals surface area contributed by atoms with Crippen molar-refractivity contribution in [2.45, 2.75) is 26.2 Å². The average Bonchev–Trinajstić information content (AvgIpc) is 3.04. The minimum atomic E-state index is -0.122. The highest BCUT2D eigenvalue weighted by molar-refractivity contribution is 5.84. The number of likely N-dealkylation sites (tertiary alicyclic amines) is 1. The second kappa shape index (κ2) is 5.44. The molecule has 2 aliphatic heterocycles. The normalized spacial score (nSPS) is 28.1. The molecule has 20 heavy (non-hydrogen) atoms. The number of hydrogen-bond donors (Lipinski definition) is 1. The highest BCUT2D eigenvalue weighted by atomic mass is 16.3. The molecule has 4 nitrogen and oxygen atoms in total. The summed E-state index contributed by atoms with van der Waals surface area (Å²) in [6.07, 6.45) is 6.91. The van der Waals surface area contributed by atoms with Gasteiger partial charge >= 0.3 is 0 Å². The monoisotopic (exact) mass is 274 g/mol. The highest BCUT2D eigenvalue weighted by Crippen LogP contribution is 2.37. The van der Waals surface area contributed by atoms with Crippen LogP contribution in [0.15, 0.2) is 28.4 Å². The fraction of sp³-hybridized carbons (Fsp3) is 0.562. The Morgan fingerprint density at radius 2 is 2.45 bits per heavy atom. The van der Waals surface area contributed by atoms with Gasteiger partial charge in [-0.2, -0.15) is 0 Å². The molecular formula is C16H22N2O2. The molecule has 1 unspecified atom stereocenters. The van der Waals surface area contributed by atoms with Gasteiger partial charge in [-0.05, 0) is 50.9 Å². The number of furan rings is 1. The first-order chi connectivity index (χ1) is 9.68. The van der Waals surface area contributed by atoms with Crippen molar-refractivity contribution < 1.29 is 9.21 Å². The van der Waals surface area contributed by atoms with Gasteiger partial charge in [-0.1, -0.05) is 5.57 Å². The Labute approximate surface area is 119 Å². The van der Waals surface area contributed by atoms with Crippen molar-refractivity contribution in [3.63, 3.8) is 0 Å². The van der Waals surface area contributed by atoms with E-state index in [9.17, 15) is 4.79 Å². The van der Waals surface area contributed by atoms with E-state index in [4.69, 9.17) is 4.42 Å². The molecule has 0 radical (unpaired) electrons. The third-order valence-electron chi connectivity index (χ3n) is 4.44. The number of amides is 1. The first kappa shape index (κ1) is 13.4. The van der Waals surface area contributed by atoms with E-state index in [-0.39, 0.29) is 11.3 Å². The number of nitrogens with one attached hydrogen (secondary N) is 1. The van der Waals surface area contributed by atoms with Crippen LogP contribution in [-0.4, -0.2) is 37.0 Å². The Kier molecular flexibility index (Phi) is 3.66. The lowest BCUT2D eigenvalue weighted by molar-refractivity contribution is -0.132. The van der Waals surface area contributed by atoms with Gasteiger partial charge in [0.2, 0.25) is 5.91 Å². The van der Waals surface area contributed by atoms with Crippen LogP contribution < -0.4 is 5.32 Å². The van der Waals surface area contributed by atoms with Crippen molar-refractivity contribution in [3.8, 4) is 0 Å². The molecule has 2 fully saturated rings. The zero-order valence-electron chi connectivity index (χ0n) is 12.0. The van der Waals surface area contributed by atoms with Gasteiger partial charge in [-0.15, -0.1) is 0 Å². The number of carbonyl (C=O) groups excluding carboxylic acids is 1. The third kappa shape index (κ3) is 2.66. The van der Waals surface area contributed by atoms with Crippen molar-refractivity contribution in [2.24, 2.45) is 5.41 Å². The van der Waals surface area contributed by atoms with E-state index in [1.165, 1.54) is 5.57 Å². The molecule has 108 valence electrons. The maximum atomic E-state index is 12.1. The van der Waals surface area contributed by atoms with Crippen LogP contribution in [0.5, 0.6) is 0 Å². The molecule has 2 aliphatic rings. The topological polar surface area (TPSA) is 45.5 Å². The van der Waals surface area contributed by atoms with E-state index < -0.39 is 0 Å². The summed E-state index contributed by atoms with van der Waals surface area (Å²) in [6.45, 7) is 5.78. The summed E-state index contributed by atoms with van der Waals surface area (Å²) in [5.41, 5.74) is 1.15. The van der Waals surface area contributed by atoms with Crippen LogP contribution in [0, 0.1) is 5.41 Å². The molecule has 1 aromatic rings. The minimum Gasteiger partial charge on any atom is -0.465 e. The number of hydrogen-bond acceptors (Lipinski definition) is 3. The number of nitrogens with zero attached hydrogens (tertiary/aromatic N) is 1. The van der Waals surface area contributed by atoms with Crippen LogP contribution in [0.1, 0.15) is 31.9 Å². The summed E-state index contributed by atoms with van der Waals surface area (Å²) in [7, 11) is 0. The summed E-state index contributed by atoms with van der Waals surface area (Å²) in [5.74, 6) is 1.16. The smallest absolute Gasteiger partial charge is 0.227 e. The molecule has 1 atom stereocenters. The minimum absolute atomic E-state index is 0.122. The lowest BCUT2D eigenvalue weighted by atomic mass is 9.79. The Hall–Kier alpha value is -1.55. The van der Waals surface area contributed by atoms with Crippen LogP contribution >= 0.6 is 0 Å². The van der Waals surface area contributed by atoms with Gasteiger partial charge in [0.05, 0.1) is 11.7 Å². The number of carbonyl (C=O) groups is 1. The molecule has 4 heteroatoms. The third-order valence-corrected chi connectivity index (χ3v) is 4.44. The van der Waals surface area contributed by atoms with Gasteiger partial charge < -0.3 is 9.73 Å². The average molecular weight is 274 g/mol. The van der Waals surface area contributed by atoms with E-state index in [0.29, 0.717) is 0 Å². The summed E-state index contributed by atoms with van der Waals surface area (Å²) in [6, 6.07) is 3.86. The summed E-state index contributed by atoms with van der Waals surface area (Å²) in [4.78, 5) is 14.5. The Bertz CT molecular complexity index is 507. The summed E-state index contributed by atoms with van der Waals surface area (Å²) >= 11 is 0. The van der Waals surface area contributed by atoms with E-state index in [1.54, 1.807) is 6.26 Å². The van der Waals surface area contributed by atoms with Crippen LogP contribution in [0.2, 0.25) is 0 Å². The molecule has 1 spiro atoms. The zero-order valence-corrected chi connectivity index (χ0v) is 12.0. The second-order valence-electron chi connectivity index (χ2n) is 6.11. The largest absolute Gasteiger partial charge is 0.465 e. The molecule has 0 saturated carbocycles. The van der Waals surface area contributed by atoms with Gasteiger partial charge in [0.15, 0.2) is 0 Å². The predicted molar refractivity (Wildman–Crippen MR) is 78.1 cm³/mol. The lowest BCUT2D eigenvalue weighted by Gasteiger charge is -2.32. The molecule has 0 aromatic carbocycles. The van der Waals surface area contributed by atoms with Gasteiger partial charge in [0.1, 0.15) is 5.76 Å². The standard InChI is InChI=1S/C16H22N2O2/c1-13(10-14-4-2-9-20-14)11-18-8-6-16(12-18)5-3-7-17-15(16)19/h2,4,9-10H,3,5-8,11-12H2,1H3,(H,17,19)/b13-10+. The maximum Gasteiger partial charge on any atom is 0.227 e. The van der Waals surface area contributed by atoms with Crippen molar-refractivity contribution in [2.75, 3.05) is 26.2 Å². The maximum absolute atomic E-state index is 12.1. The molecule has 0 bridgehead atoms. The van der Waals surface area contributed by atoms with Crippen LogP contribution in [0.4, 0.5) is 0 Å². The first-order valence-electron chi connectivity index (χ1n) is 7.39. The van der Waals surface area contributed by atoms with Crippen molar-refractivity contribution in [3.05, 3.63) is 29.7 Å². The Morgan fingerprint density at radius 3 is 3.20 bits per heavy atom. The highest BCUT2D eigenvalue weighted by Gasteiger charge is 2.45. The van der Waals surface area contributed by atoms with Crippen molar-refractivity contribution in [1.29, 1.82) is 0 Å². The number of piperidine rings is 1. The van der Waals surface area contributed by atoms with Gasteiger partial charge in [-0.3, -0.25) is 9.69 Å².